The molecule has 0 aromatic heterocycles. The summed E-state index contributed by atoms with van der Waals surface area (Å²) in [4.78, 5) is 12.2. The molecule has 1 aliphatic rings. The number of rotatable bonds is 7. The monoisotopic (exact) mass is 326 g/mol. The molecule has 5 heteroatoms. The first-order valence-electron chi connectivity index (χ1n) is 7.83. The lowest BCUT2D eigenvalue weighted by Crippen LogP contribution is -2.46. The van der Waals surface area contributed by atoms with Crippen LogP contribution in [0.25, 0.3) is 0 Å². The molecule has 1 aromatic rings. The van der Waals surface area contributed by atoms with E-state index in [0.29, 0.717) is 13.0 Å². The predicted octanol–water partition coefficient (Wildman–Crippen LogP) is 2.04. The number of hydrogen-bond donors (Lipinski definition) is 3. The molecule has 0 radical (unpaired) electrons. The second-order valence-corrected chi connectivity index (χ2v) is 6.19. The number of aliphatic hydroxyl groups is 1. The van der Waals surface area contributed by atoms with Crippen LogP contribution in [0.2, 0.25) is 0 Å². The average Bonchev–Trinajstić information content (AvgIpc) is 2.95. The molecule has 1 saturated carbocycles. The highest BCUT2D eigenvalue weighted by molar-refractivity contribution is 5.85. The SMILES string of the molecule is Cl.N[C@@H](Cc1ccccc1)C(=O)NCC1(CCO)CCCC1. The fourth-order valence-corrected chi connectivity index (χ4v) is 3.24. The number of halogens is 1. The summed E-state index contributed by atoms with van der Waals surface area (Å²) in [6, 6.07) is 9.31. The van der Waals surface area contributed by atoms with Crippen molar-refractivity contribution in [2.75, 3.05) is 13.2 Å². The highest BCUT2D eigenvalue weighted by Crippen LogP contribution is 2.40. The summed E-state index contributed by atoms with van der Waals surface area (Å²) >= 11 is 0. The Labute approximate surface area is 138 Å². The van der Waals surface area contributed by atoms with E-state index in [0.717, 1.165) is 24.8 Å². The molecule has 0 heterocycles. The summed E-state index contributed by atoms with van der Waals surface area (Å²) < 4.78 is 0. The van der Waals surface area contributed by atoms with Gasteiger partial charge in [-0.2, -0.15) is 0 Å². The lowest BCUT2D eigenvalue weighted by atomic mass is 9.83. The molecule has 1 atom stereocenters. The second kappa shape index (κ2) is 9.13. The molecule has 0 bridgehead atoms. The van der Waals surface area contributed by atoms with Crippen molar-refractivity contribution in [1.82, 2.24) is 5.32 Å². The maximum absolute atomic E-state index is 12.2. The largest absolute Gasteiger partial charge is 0.396 e. The standard InChI is InChI=1S/C17H26N2O2.ClH/c18-15(12-14-6-2-1-3-7-14)16(21)19-13-17(10-11-20)8-4-5-9-17;/h1-3,6-7,15,20H,4-5,8-13,18H2,(H,19,21);1H/t15-;/m0./s1. The van der Waals surface area contributed by atoms with Gasteiger partial charge in [0.1, 0.15) is 0 Å². The van der Waals surface area contributed by atoms with Crippen LogP contribution in [0.15, 0.2) is 30.3 Å². The van der Waals surface area contributed by atoms with E-state index in [4.69, 9.17) is 5.73 Å². The third-order valence-corrected chi connectivity index (χ3v) is 4.58. The van der Waals surface area contributed by atoms with Crippen LogP contribution in [0, 0.1) is 5.41 Å². The number of aliphatic hydroxyl groups excluding tert-OH is 1. The fraction of sp³-hybridized carbons (Fsp3) is 0.588. The zero-order valence-corrected chi connectivity index (χ0v) is 13.8. The number of nitrogens with one attached hydrogen (secondary N) is 1. The molecule has 0 saturated heterocycles. The third-order valence-electron chi connectivity index (χ3n) is 4.58. The van der Waals surface area contributed by atoms with Gasteiger partial charge in [0.05, 0.1) is 6.04 Å². The number of benzene rings is 1. The summed E-state index contributed by atoms with van der Waals surface area (Å²) in [6.07, 6.45) is 5.86. The molecule has 22 heavy (non-hydrogen) atoms. The maximum atomic E-state index is 12.2. The smallest absolute Gasteiger partial charge is 0.237 e. The first-order valence-corrected chi connectivity index (χ1v) is 7.83. The van der Waals surface area contributed by atoms with Crippen molar-refractivity contribution >= 4 is 18.3 Å². The van der Waals surface area contributed by atoms with Gasteiger partial charge in [0, 0.05) is 13.2 Å². The van der Waals surface area contributed by atoms with Gasteiger partial charge >= 0.3 is 0 Å². The molecule has 4 N–H and O–H groups in total. The normalized spacial score (nSPS) is 17.5. The van der Waals surface area contributed by atoms with Crippen LogP contribution in [0.1, 0.15) is 37.7 Å². The summed E-state index contributed by atoms with van der Waals surface area (Å²) in [5.74, 6) is -0.0944. The molecule has 1 fully saturated rings. The predicted molar refractivity (Wildman–Crippen MR) is 91.0 cm³/mol. The lowest BCUT2D eigenvalue weighted by Gasteiger charge is -2.29. The molecule has 1 aromatic carbocycles. The molecule has 1 aliphatic carbocycles. The zero-order chi connectivity index (χ0) is 15.1. The van der Waals surface area contributed by atoms with Gasteiger partial charge in [-0.1, -0.05) is 43.2 Å². The summed E-state index contributed by atoms with van der Waals surface area (Å²) in [6.45, 7) is 0.820. The van der Waals surface area contributed by atoms with Gasteiger partial charge in [0.15, 0.2) is 0 Å². The van der Waals surface area contributed by atoms with Crippen molar-refractivity contribution in [3.05, 3.63) is 35.9 Å². The Bertz CT molecular complexity index is 447. The number of nitrogens with two attached hydrogens (primary N) is 1. The Balaban J connectivity index is 0.00000242. The zero-order valence-electron chi connectivity index (χ0n) is 13.0. The minimum Gasteiger partial charge on any atom is -0.396 e. The van der Waals surface area contributed by atoms with Gasteiger partial charge < -0.3 is 16.2 Å². The van der Waals surface area contributed by atoms with Crippen LogP contribution in [-0.4, -0.2) is 30.2 Å². The molecule has 4 nitrogen and oxygen atoms in total. The molecule has 0 spiro atoms. The van der Waals surface area contributed by atoms with E-state index in [9.17, 15) is 9.90 Å². The van der Waals surface area contributed by atoms with Crippen molar-refractivity contribution in [2.45, 2.75) is 44.6 Å². The van der Waals surface area contributed by atoms with Crippen molar-refractivity contribution < 1.29 is 9.90 Å². The maximum Gasteiger partial charge on any atom is 0.237 e. The fourth-order valence-electron chi connectivity index (χ4n) is 3.24. The van der Waals surface area contributed by atoms with E-state index in [1.54, 1.807) is 0 Å². The summed E-state index contributed by atoms with van der Waals surface area (Å²) in [5, 5.41) is 12.2. The first-order chi connectivity index (χ1) is 10.2. The minimum absolute atomic E-state index is 0. The number of amides is 1. The third kappa shape index (κ3) is 5.27. The van der Waals surface area contributed by atoms with E-state index < -0.39 is 6.04 Å². The molecule has 0 aliphatic heterocycles. The van der Waals surface area contributed by atoms with Crippen molar-refractivity contribution in [1.29, 1.82) is 0 Å². The minimum atomic E-state index is -0.514. The second-order valence-electron chi connectivity index (χ2n) is 6.19. The Morgan fingerprint density at radius 3 is 2.50 bits per heavy atom. The van der Waals surface area contributed by atoms with Crippen LogP contribution in [0.4, 0.5) is 0 Å². The van der Waals surface area contributed by atoms with Crippen LogP contribution >= 0.6 is 12.4 Å². The Kier molecular flexibility index (Phi) is 7.87. The molecular formula is C17H27ClN2O2. The van der Waals surface area contributed by atoms with Crippen LogP contribution in [-0.2, 0) is 11.2 Å². The van der Waals surface area contributed by atoms with E-state index >= 15 is 0 Å². The Morgan fingerprint density at radius 2 is 1.91 bits per heavy atom. The molecular weight excluding hydrogens is 300 g/mol. The highest BCUT2D eigenvalue weighted by Gasteiger charge is 2.33. The highest BCUT2D eigenvalue weighted by atomic mass is 35.5. The van der Waals surface area contributed by atoms with Gasteiger partial charge in [-0.05, 0) is 36.7 Å². The van der Waals surface area contributed by atoms with Crippen molar-refractivity contribution in [3.8, 4) is 0 Å². The van der Waals surface area contributed by atoms with Crippen molar-refractivity contribution in [3.63, 3.8) is 0 Å². The number of hydrogen-bond acceptors (Lipinski definition) is 3. The first kappa shape index (κ1) is 18.9. The van der Waals surface area contributed by atoms with Gasteiger partial charge in [0.25, 0.3) is 0 Å². The summed E-state index contributed by atoms with van der Waals surface area (Å²) in [7, 11) is 0. The molecule has 1 amide bonds. The van der Waals surface area contributed by atoms with Crippen LogP contribution in [0.5, 0.6) is 0 Å². The van der Waals surface area contributed by atoms with Crippen molar-refractivity contribution in [2.24, 2.45) is 11.1 Å². The molecule has 2 rings (SSSR count). The van der Waals surface area contributed by atoms with E-state index in [1.165, 1.54) is 12.8 Å². The summed E-state index contributed by atoms with van der Waals surface area (Å²) in [5.41, 5.74) is 7.14. The van der Waals surface area contributed by atoms with E-state index in [-0.39, 0.29) is 30.3 Å². The molecule has 124 valence electrons. The van der Waals surface area contributed by atoms with Gasteiger partial charge in [-0.15, -0.1) is 12.4 Å². The molecule has 0 unspecified atom stereocenters. The van der Waals surface area contributed by atoms with E-state index in [2.05, 4.69) is 5.32 Å². The topological polar surface area (TPSA) is 75.4 Å². The lowest BCUT2D eigenvalue weighted by molar-refractivity contribution is -0.122. The van der Waals surface area contributed by atoms with Crippen LogP contribution < -0.4 is 11.1 Å². The Morgan fingerprint density at radius 1 is 1.27 bits per heavy atom. The van der Waals surface area contributed by atoms with Gasteiger partial charge in [-0.3, -0.25) is 4.79 Å². The number of carbonyl (C=O) groups excluding carboxylic acids is 1. The van der Waals surface area contributed by atoms with E-state index in [1.807, 2.05) is 30.3 Å². The Hall–Kier alpha value is -1.10. The van der Waals surface area contributed by atoms with Crippen LogP contribution in [0.3, 0.4) is 0 Å². The average molecular weight is 327 g/mol. The number of carbonyl (C=O) groups is 1. The quantitative estimate of drug-likeness (QED) is 0.717. The van der Waals surface area contributed by atoms with Gasteiger partial charge in [-0.25, -0.2) is 0 Å². The van der Waals surface area contributed by atoms with Gasteiger partial charge in [0.2, 0.25) is 5.91 Å².